The molecule has 0 bridgehead atoms. The SMILES string of the molecule is CC(=O)Nc1c(O)c2ccccc2c2ccccc12. The van der Waals surface area contributed by atoms with Crippen LogP contribution in [0, 0.1) is 0 Å². The predicted molar refractivity (Wildman–Crippen MR) is 77.4 cm³/mol. The van der Waals surface area contributed by atoms with Crippen LogP contribution in [0.3, 0.4) is 0 Å². The van der Waals surface area contributed by atoms with Crippen LogP contribution in [0.4, 0.5) is 5.69 Å². The lowest BCUT2D eigenvalue weighted by Crippen LogP contribution is -2.06. The zero-order valence-electron chi connectivity index (χ0n) is 10.5. The summed E-state index contributed by atoms with van der Waals surface area (Å²) in [6, 6.07) is 15.3. The maximum atomic E-state index is 11.3. The van der Waals surface area contributed by atoms with Crippen molar-refractivity contribution in [3.63, 3.8) is 0 Å². The van der Waals surface area contributed by atoms with Crippen LogP contribution in [0.15, 0.2) is 48.5 Å². The van der Waals surface area contributed by atoms with Crippen LogP contribution >= 0.6 is 0 Å². The van der Waals surface area contributed by atoms with Gasteiger partial charge < -0.3 is 10.4 Å². The molecule has 0 radical (unpaired) electrons. The van der Waals surface area contributed by atoms with Gasteiger partial charge in [0.05, 0.1) is 5.69 Å². The van der Waals surface area contributed by atoms with Gasteiger partial charge in [-0.15, -0.1) is 0 Å². The van der Waals surface area contributed by atoms with E-state index in [-0.39, 0.29) is 11.7 Å². The molecule has 3 nitrogen and oxygen atoms in total. The first-order chi connectivity index (χ1) is 9.18. The number of fused-ring (bicyclic) bond motifs is 3. The van der Waals surface area contributed by atoms with Gasteiger partial charge in [-0.2, -0.15) is 0 Å². The Bertz CT molecular complexity index is 793. The molecule has 0 aliphatic carbocycles. The molecule has 2 N–H and O–H groups in total. The maximum Gasteiger partial charge on any atom is 0.221 e. The number of rotatable bonds is 1. The lowest BCUT2D eigenvalue weighted by molar-refractivity contribution is -0.114. The van der Waals surface area contributed by atoms with Crippen molar-refractivity contribution in [1.29, 1.82) is 0 Å². The first kappa shape index (κ1) is 11.5. The number of nitrogens with one attached hydrogen (secondary N) is 1. The summed E-state index contributed by atoms with van der Waals surface area (Å²) in [5.41, 5.74) is 0.474. The van der Waals surface area contributed by atoms with Crippen LogP contribution in [0.2, 0.25) is 0 Å². The van der Waals surface area contributed by atoms with E-state index in [4.69, 9.17) is 0 Å². The summed E-state index contributed by atoms with van der Waals surface area (Å²) in [7, 11) is 0. The van der Waals surface area contributed by atoms with Gasteiger partial charge in [-0.1, -0.05) is 48.5 Å². The fourth-order valence-corrected chi connectivity index (χ4v) is 2.43. The molecular weight excluding hydrogens is 238 g/mol. The van der Waals surface area contributed by atoms with Crippen molar-refractivity contribution in [3.8, 4) is 5.75 Å². The van der Waals surface area contributed by atoms with Gasteiger partial charge in [0.15, 0.2) is 0 Å². The van der Waals surface area contributed by atoms with E-state index in [1.54, 1.807) is 0 Å². The quantitative estimate of drug-likeness (QED) is 0.512. The van der Waals surface area contributed by atoms with E-state index < -0.39 is 0 Å². The van der Waals surface area contributed by atoms with Crippen LogP contribution in [0.5, 0.6) is 5.75 Å². The van der Waals surface area contributed by atoms with Crippen LogP contribution in [0.1, 0.15) is 6.92 Å². The number of phenols is 1. The first-order valence-electron chi connectivity index (χ1n) is 6.08. The predicted octanol–water partition coefficient (Wildman–Crippen LogP) is 3.66. The molecule has 19 heavy (non-hydrogen) atoms. The van der Waals surface area contributed by atoms with Gasteiger partial charge in [0.2, 0.25) is 5.91 Å². The van der Waals surface area contributed by atoms with Crippen molar-refractivity contribution >= 4 is 33.1 Å². The van der Waals surface area contributed by atoms with Crippen molar-refractivity contribution in [2.45, 2.75) is 6.92 Å². The Morgan fingerprint density at radius 1 is 0.895 bits per heavy atom. The van der Waals surface area contributed by atoms with E-state index in [9.17, 15) is 9.90 Å². The van der Waals surface area contributed by atoms with Gasteiger partial charge in [-0.3, -0.25) is 4.79 Å². The Hall–Kier alpha value is -2.55. The number of benzene rings is 3. The molecular formula is C16H13NO2. The molecule has 0 aliphatic rings. The highest BCUT2D eigenvalue weighted by atomic mass is 16.3. The largest absolute Gasteiger partial charge is 0.505 e. The van der Waals surface area contributed by atoms with Gasteiger partial charge >= 0.3 is 0 Å². The minimum absolute atomic E-state index is 0.115. The van der Waals surface area contributed by atoms with Crippen LogP contribution in [0.25, 0.3) is 21.5 Å². The second-order valence-electron chi connectivity index (χ2n) is 4.50. The summed E-state index contributed by atoms with van der Waals surface area (Å²) in [6.07, 6.45) is 0. The second-order valence-corrected chi connectivity index (χ2v) is 4.50. The van der Waals surface area contributed by atoms with Crippen LogP contribution < -0.4 is 5.32 Å². The summed E-state index contributed by atoms with van der Waals surface area (Å²) in [5.74, 6) is -0.0831. The lowest BCUT2D eigenvalue weighted by Gasteiger charge is -2.13. The Morgan fingerprint density at radius 3 is 1.95 bits per heavy atom. The third kappa shape index (κ3) is 1.80. The summed E-state index contributed by atoms with van der Waals surface area (Å²) in [5, 5.41) is 16.7. The average Bonchev–Trinajstić information content (AvgIpc) is 2.43. The Morgan fingerprint density at radius 2 is 1.37 bits per heavy atom. The van der Waals surface area contributed by atoms with E-state index in [1.165, 1.54) is 6.92 Å². The van der Waals surface area contributed by atoms with Gasteiger partial charge in [0, 0.05) is 17.7 Å². The topological polar surface area (TPSA) is 49.3 Å². The smallest absolute Gasteiger partial charge is 0.221 e. The van der Waals surface area contributed by atoms with Crippen molar-refractivity contribution < 1.29 is 9.90 Å². The standard InChI is InChI=1S/C16H13NO2/c1-10(18)17-15-13-8-4-2-6-11(13)12-7-3-5-9-14(12)16(15)19/h2-9,19H,1H3,(H,17,18). The number of aromatic hydroxyl groups is 1. The highest BCUT2D eigenvalue weighted by Gasteiger charge is 2.13. The molecule has 3 heteroatoms. The fraction of sp³-hybridized carbons (Fsp3) is 0.0625. The van der Waals surface area contributed by atoms with E-state index in [0.717, 1.165) is 21.5 Å². The normalized spacial score (nSPS) is 10.8. The Balaban J connectivity index is 2.51. The molecule has 0 aliphatic heterocycles. The van der Waals surface area contributed by atoms with Crippen molar-refractivity contribution in [2.24, 2.45) is 0 Å². The second kappa shape index (κ2) is 4.28. The zero-order chi connectivity index (χ0) is 13.4. The molecule has 3 aromatic rings. The molecule has 0 atom stereocenters. The van der Waals surface area contributed by atoms with E-state index in [0.29, 0.717) is 5.69 Å². The van der Waals surface area contributed by atoms with E-state index in [2.05, 4.69) is 5.32 Å². The van der Waals surface area contributed by atoms with Gasteiger partial charge in [-0.25, -0.2) is 0 Å². The molecule has 1 amide bonds. The number of amides is 1. The molecule has 0 unspecified atom stereocenters. The number of carbonyl (C=O) groups is 1. The Labute approximate surface area is 110 Å². The molecule has 3 aromatic carbocycles. The fourth-order valence-electron chi connectivity index (χ4n) is 2.43. The summed E-state index contributed by atoms with van der Waals surface area (Å²) in [6.45, 7) is 1.43. The molecule has 0 aromatic heterocycles. The third-order valence-corrected chi connectivity index (χ3v) is 3.21. The van der Waals surface area contributed by atoms with E-state index in [1.807, 2.05) is 48.5 Å². The highest BCUT2D eigenvalue weighted by Crippen LogP contribution is 2.40. The number of hydrogen-bond acceptors (Lipinski definition) is 2. The van der Waals surface area contributed by atoms with E-state index >= 15 is 0 Å². The molecule has 0 fully saturated rings. The molecule has 94 valence electrons. The summed E-state index contributed by atoms with van der Waals surface area (Å²) in [4.78, 5) is 11.3. The van der Waals surface area contributed by atoms with Gasteiger partial charge in [0.1, 0.15) is 5.75 Å². The maximum absolute atomic E-state index is 11.3. The van der Waals surface area contributed by atoms with Gasteiger partial charge in [0.25, 0.3) is 0 Å². The molecule has 0 heterocycles. The monoisotopic (exact) mass is 251 g/mol. The van der Waals surface area contributed by atoms with Crippen molar-refractivity contribution in [3.05, 3.63) is 48.5 Å². The minimum atomic E-state index is -0.198. The molecule has 0 spiro atoms. The zero-order valence-corrected chi connectivity index (χ0v) is 10.5. The van der Waals surface area contributed by atoms with Gasteiger partial charge in [-0.05, 0) is 10.8 Å². The van der Waals surface area contributed by atoms with Crippen molar-refractivity contribution in [1.82, 2.24) is 0 Å². The average molecular weight is 251 g/mol. The molecule has 0 saturated heterocycles. The minimum Gasteiger partial charge on any atom is -0.505 e. The number of phenolic OH excluding ortho intramolecular Hbond substituents is 1. The third-order valence-electron chi connectivity index (χ3n) is 3.21. The first-order valence-corrected chi connectivity index (χ1v) is 6.08. The summed E-state index contributed by atoms with van der Waals surface area (Å²) >= 11 is 0. The molecule has 3 rings (SSSR count). The number of hydrogen-bond donors (Lipinski definition) is 2. The Kier molecular flexibility index (Phi) is 2.60. The number of carbonyl (C=O) groups excluding carboxylic acids is 1. The van der Waals surface area contributed by atoms with Crippen molar-refractivity contribution in [2.75, 3.05) is 5.32 Å². The van der Waals surface area contributed by atoms with Crippen LogP contribution in [-0.4, -0.2) is 11.0 Å². The van der Waals surface area contributed by atoms with Crippen LogP contribution in [-0.2, 0) is 4.79 Å². The number of anilines is 1. The lowest BCUT2D eigenvalue weighted by atomic mass is 9.99. The molecule has 0 saturated carbocycles. The highest BCUT2D eigenvalue weighted by molar-refractivity contribution is 6.18. The summed E-state index contributed by atoms with van der Waals surface area (Å²) < 4.78 is 0.